The van der Waals surface area contributed by atoms with E-state index in [4.69, 9.17) is 9.47 Å². The number of amidine groups is 1. The van der Waals surface area contributed by atoms with Gasteiger partial charge < -0.3 is 9.47 Å². The van der Waals surface area contributed by atoms with Gasteiger partial charge in [-0.15, -0.1) is 0 Å². The molecule has 0 bridgehead atoms. The number of rotatable bonds is 8. The van der Waals surface area contributed by atoms with Crippen LogP contribution >= 0.6 is 11.8 Å². The Labute approximate surface area is 153 Å². The molecule has 6 heteroatoms. The molecule has 0 N–H and O–H groups in total. The van der Waals surface area contributed by atoms with Gasteiger partial charge in [-0.2, -0.15) is 0 Å². The average Bonchev–Trinajstić information content (AvgIpc) is 2.89. The summed E-state index contributed by atoms with van der Waals surface area (Å²) < 4.78 is 11.3. The van der Waals surface area contributed by atoms with Crippen molar-refractivity contribution in [3.63, 3.8) is 0 Å². The topological polar surface area (TPSA) is 51.1 Å². The SMILES string of the molecule is C=CCOc1ccc(/C=C2\SC(=NCC)N(CC)C2=O)cc1OCC. The summed E-state index contributed by atoms with van der Waals surface area (Å²) in [5, 5.41) is 0.761. The fourth-order valence-corrected chi connectivity index (χ4v) is 3.45. The van der Waals surface area contributed by atoms with E-state index in [1.54, 1.807) is 11.0 Å². The third-order valence-corrected chi connectivity index (χ3v) is 4.46. The first-order valence-electron chi connectivity index (χ1n) is 8.40. The van der Waals surface area contributed by atoms with Crippen LogP contribution in [0.2, 0.25) is 0 Å². The molecular formula is C19H24N2O3S. The number of hydrogen-bond acceptors (Lipinski definition) is 5. The number of likely N-dealkylation sites (N-methyl/N-ethyl adjacent to an activating group) is 1. The molecule has 25 heavy (non-hydrogen) atoms. The minimum absolute atomic E-state index is 0.00959. The fourth-order valence-electron chi connectivity index (χ4n) is 2.34. The van der Waals surface area contributed by atoms with Gasteiger partial charge >= 0.3 is 0 Å². The molecule has 134 valence electrons. The monoisotopic (exact) mass is 360 g/mol. The Bertz CT molecular complexity index is 698. The van der Waals surface area contributed by atoms with E-state index in [0.717, 1.165) is 10.7 Å². The number of hydrogen-bond donors (Lipinski definition) is 0. The maximum atomic E-state index is 12.5. The number of carbonyl (C=O) groups excluding carboxylic acids is 1. The van der Waals surface area contributed by atoms with Gasteiger partial charge in [0.05, 0.1) is 11.5 Å². The van der Waals surface area contributed by atoms with Gasteiger partial charge in [0.2, 0.25) is 0 Å². The van der Waals surface area contributed by atoms with Crippen LogP contribution in [0.15, 0.2) is 40.8 Å². The van der Waals surface area contributed by atoms with Gasteiger partial charge in [0.1, 0.15) is 6.61 Å². The van der Waals surface area contributed by atoms with Crippen molar-refractivity contribution in [1.82, 2.24) is 4.90 Å². The maximum Gasteiger partial charge on any atom is 0.266 e. The summed E-state index contributed by atoms with van der Waals surface area (Å²) in [5.74, 6) is 1.31. The summed E-state index contributed by atoms with van der Waals surface area (Å²) in [6.07, 6.45) is 3.56. The lowest BCUT2D eigenvalue weighted by molar-refractivity contribution is -0.122. The number of nitrogens with zero attached hydrogens (tertiary/aromatic N) is 2. The Kier molecular flexibility index (Phi) is 7.13. The van der Waals surface area contributed by atoms with Crippen LogP contribution in [0, 0.1) is 0 Å². The lowest BCUT2D eigenvalue weighted by Crippen LogP contribution is -2.28. The van der Waals surface area contributed by atoms with Crippen LogP contribution in [0.3, 0.4) is 0 Å². The van der Waals surface area contributed by atoms with Crippen molar-refractivity contribution in [1.29, 1.82) is 0 Å². The Morgan fingerprint density at radius 2 is 2.04 bits per heavy atom. The summed E-state index contributed by atoms with van der Waals surface area (Å²) in [5.41, 5.74) is 0.888. The van der Waals surface area contributed by atoms with Gasteiger partial charge in [-0.05, 0) is 56.3 Å². The highest BCUT2D eigenvalue weighted by molar-refractivity contribution is 8.18. The van der Waals surface area contributed by atoms with Gasteiger partial charge in [-0.1, -0.05) is 18.7 Å². The second kappa shape index (κ2) is 9.32. The van der Waals surface area contributed by atoms with Crippen LogP contribution in [0.4, 0.5) is 0 Å². The number of thioether (sulfide) groups is 1. The number of carbonyl (C=O) groups is 1. The molecule has 0 atom stereocenters. The third-order valence-electron chi connectivity index (χ3n) is 3.42. The summed E-state index contributed by atoms with van der Waals surface area (Å²) in [4.78, 5) is 19.3. The number of benzene rings is 1. The molecular weight excluding hydrogens is 336 g/mol. The molecule has 0 saturated carbocycles. The van der Waals surface area contributed by atoms with E-state index in [9.17, 15) is 4.79 Å². The van der Waals surface area contributed by atoms with Crippen LogP contribution in [0.5, 0.6) is 11.5 Å². The van der Waals surface area contributed by atoms with E-state index < -0.39 is 0 Å². The van der Waals surface area contributed by atoms with Crippen molar-refractivity contribution in [2.75, 3.05) is 26.3 Å². The zero-order chi connectivity index (χ0) is 18.2. The summed E-state index contributed by atoms with van der Waals surface area (Å²) in [7, 11) is 0. The normalized spacial score (nSPS) is 17.4. The van der Waals surface area contributed by atoms with Gasteiger partial charge in [0.15, 0.2) is 16.7 Å². The predicted molar refractivity (Wildman–Crippen MR) is 104 cm³/mol. The highest BCUT2D eigenvalue weighted by Crippen LogP contribution is 2.34. The highest BCUT2D eigenvalue weighted by atomic mass is 32.2. The third kappa shape index (κ3) is 4.66. The molecule has 1 aromatic carbocycles. The van der Waals surface area contributed by atoms with E-state index in [0.29, 0.717) is 42.7 Å². The average molecular weight is 360 g/mol. The minimum Gasteiger partial charge on any atom is -0.490 e. The lowest BCUT2D eigenvalue weighted by Gasteiger charge is -2.12. The highest BCUT2D eigenvalue weighted by Gasteiger charge is 2.31. The first-order chi connectivity index (χ1) is 12.1. The van der Waals surface area contributed by atoms with Gasteiger partial charge in [-0.25, -0.2) is 0 Å². The van der Waals surface area contributed by atoms with Crippen LogP contribution in [0.1, 0.15) is 26.3 Å². The summed E-state index contributed by atoms with van der Waals surface area (Å²) >= 11 is 1.41. The maximum absolute atomic E-state index is 12.5. The van der Waals surface area contributed by atoms with Gasteiger partial charge in [-0.3, -0.25) is 14.7 Å². The summed E-state index contributed by atoms with van der Waals surface area (Å²) in [6, 6.07) is 5.64. The smallest absolute Gasteiger partial charge is 0.266 e. The standard InChI is InChI=1S/C19H24N2O3S/c1-5-11-24-15-10-9-14(12-16(15)23-8-4)13-17-18(22)21(7-3)19(25-17)20-6-2/h5,9-10,12-13H,1,6-8,11H2,2-4H3/b17-13-,20-19?. The minimum atomic E-state index is -0.00959. The second-order valence-electron chi connectivity index (χ2n) is 5.16. The van der Waals surface area contributed by atoms with Crippen molar-refractivity contribution in [3.05, 3.63) is 41.3 Å². The molecule has 1 heterocycles. The molecule has 1 aliphatic heterocycles. The van der Waals surface area contributed by atoms with Crippen LogP contribution in [-0.4, -0.2) is 42.3 Å². The molecule has 1 aromatic rings. The molecule has 5 nitrogen and oxygen atoms in total. The predicted octanol–water partition coefficient (Wildman–Crippen LogP) is 3.96. The van der Waals surface area contributed by atoms with Crippen LogP contribution in [0.25, 0.3) is 6.08 Å². The zero-order valence-electron chi connectivity index (χ0n) is 14.9. The molecule has 0 spiro atoms. The van der Waals surface area contributed by atoms with E-state index in [2.05, 4.69) is 11.6 Å². The molecule has 1 saturated heterocycles. The van der Waals surface area contributed by atoms with E-state index in [1.165, 1.54) is 11.8 Å². The Balaban J connectivity index is 2.30. The van der Waals surface area contributed by atoms with E-state index in [1.807, 2.05) is 45.0 Å². The second-order valence-corrected chi connectivity index (χ2v) is 6.16. The number of ether oxygens (including phenoxy) is 2. The lowest BCUT2D eigenvalue weighted by atomic mass is 10.2. The molecule has 1 fully saturated rings. The molecule has 0 aromatic heterocycles. The quantitative estimate of drug-likeness (QED) is 0.520. The zero-order valence-corrected chi connectivity index (χ0v) is 15.8. The fraction of sp³-hybridized carbons (Fsp3) is 0.368. The van der Waals surface area contributed by atoms with Crippen molar-refractivity contribution in [2.45, 2.75) is 20.8 Å². The van der Waals surface area contributed by atoms with Gasteiger partial charge in [0.25, 0.3) is 5.91 Å². The van der Waals surface area contributed by atoms with Crippen molar-refractivity contribution in [3.8, 4) is 11.5 Å². The van der Waals surface area contributed by atoms with E-state index in [-0.39, 0.29) is 5.91 Å². The van der Waals surface area contributed by atoms with Crippen LogP contribution < -0.4 is 9.47 Å². The first-order valence-corrected chi connectivity index (χ1v) is 9.22. The first kappa shape index (κ1) is 19.1. The number of amides is 1. The number of aliphatic imine (C=N–C) groups is 1. The van der Waals surface area contributed by atoms with Crippen molar-refractivity contribution < 1.29 is 14.3 Å². The Morgan fingerprint density at radius 1 is 1.24 bits per heavy atom. The Hall–Kier alpha value is -2.21. The van der Waals surface area contributed by atoms with Crippen LogP contribution in [-0.2, 0) is 4.79 Å². The molecule has 0 unspecified atom stereocenters. The Morgan fingerprint density at radius 3 is 2.68 bits per heavy atom. The summed E-state index contributed by atoms with van der Waals surface area (Å²) in [6.45, 7) is 11.7. The van der Waals surface area contributed by atoms with Gasteiger partial charge in [0, 0.05) is 13.1 Å². The molecule has 0 radical (unpaired) electrons. The molecule has 2 rings (SSSR count). The molecule has 0 aliphatic carbocycles. The molecule has 1 aliphatic rings. The van der Waals surface area contributed by atoms with Crippen molar-refractivity contribution >= 4 is 28.9 Å². The van der Waals surface area contributed by atoms with E-state index >= 15 is 0 Å². The molecule has 1 amide bonds. The largest absolute Gasteiger partial charge is 0.490 e. The van der Waals surface area contributed by atoms with Crippen molar-refractivity contribution in [2.24, 2.45) is 4.99 Å².